The van der Waals surface area contributed by atoms with Crippen molar-refractivity contribution in [2.75, 3.05) is 26.8 Å². The highest BCUT2D eigenvalue weighted by atomic mass is 79.9. The minimum absolute atomic E-state index is 0.241. The van der Waals surface area contributed by atoms with Crippen molar-refractivity contribution in [2.24, 2.45) is 5.92 Å². The first-order chi connectivity index (χ1) is 8.78. The van der Waals surface area contributed by atoms with Crippen molar-refractivity contribution in [1.82, 2.24) is 4.31 Å². The fourth-order valence-corrected chi connectivity index (χ4v) is 5.63. The van der Waals surface area contributed by atoms with Gasteiger partial charge in [-0.2, -0.15) is 4.31 Å². The van der Waals surface area contributed by atoms with Crippen molar-refractivity contribution >= 4 is 48.9 Å². The predicted octanol–water partition coefficient (Wildman–Crippen LogP) is 3.46. The molecule has 19 heavy (non-hydrogen) atoms. The molecule has 0 aliphatic rings. The lowest BCUT2D eigenvalue weighted by atomic mass is 10.2. The third kappa shape index (κ3) is 4.68. The summed E-state index contributed by atoms with van der Waals surface area (Å²) in [6, 6.07) is 1.48. The Morgan fingerprint density at radius 2 is 2.16 bits per heavy atom. The van der Waals surface area contributed by atoms with Crippen LogP contribution in [0.5, 0.6) is 0 Å². The highest BCUT2D eigenvalue weighted by Gasteiger charge is 2.27. The third-order valence-electron chi connectivity index (χ3n) is 2.33. The quantitative estimate of drug-likeness (QED) is 0.716. The Balaban J connectivity index is 3.04. The number of hydrogen-bond donors (Lipinski definition) is 0. The van der Waals surface area contributed by atoms with Gasteiger partial charge in [-0.25, -0.2) is 8.42 Å². The average Bonchev–Trinajstić information content (AvgIpc) is 2.65. The number of nitrogens with zero attached hydrogens (tertiary/aromatic N) is 1. The fourth-order valence-electron chi connectivity index (χ4n) is 1.49. The van der Waals surface area contributed by atoms with Crippen molar-refractivity contribution in [3.05, 3.63) is 14.9 Å². The molecule has 0 atom stereocenters. The minimum atomic E-state index is -3.51. The summed E-state index contributed by atoms with van der Waals surface area (Å²) < 4.78 is 32.4. The Kier molecular flexibility index (Phi) is 6.75. The van der Waals surface area contributed by atoms with Crippen molar-refractivity contribution in [3.63, 3.8) is 0 Å². The van der Waals surface area contributed by atoms with Gasteiger partial charge in [-0.1, -0.05) is 25.4 Å². The summed E-state index contributed by atoms with van der Waals surface area (Å²) in [5, 5.41) is 0.416. The predicted molar refractivity (Wildman–Crippen MR) is 82.5 cm³/mol. The van der Waals surface area contributed by atoms with Crippen LogP contribution in [0.3, 0.4) is 0 Å². The third-order valence-corrected chi connectivity index (χ3v) is 7.12. The van der Waals surface area contributed by atoms with Gasteiger partial charge in [0.25, 0.3) is 10.0 Å². The van der Waals surface area contributed by atoms with E-state index in [-0.39, 0.29) is 10.1 Å². The van der Waals surface area contributed by atoms with Crippen LogP contribution in [-0.2, 0) is 14.8 Å². The topological polar surface area (TPSA) is 46.6 Å². The minimum Gasteiger partial charge on any atom is -0.383 e. The first-order valence-electron chi connectivity index (χ1n) is 5.73. The molecule has 1 aromatic rings. The van der Waals surface area contributed by atoms with Crippen molar-refractivity contribution < 1.29 is 13.2 Å². The Labute approximate surface area is 131 Å². The highest BCUT2D eigenvalue weighted by molar-refractivity contribution is 9.11. The molecule has 8 heteroatoms. The van der Waals surface area contributed by atoms with Gasteiger partial charge in [0.05, 0.1) is 15.4 Å². The van der Waals surface area contributed by atoms with Crippen LogP contribution in [0.25, 0.3) is 0 Å². The summed E-state index contributed by atoms with van der Waals surface area (Å²) in [6.07, 6.45) is 0. The maximum Gasteiger partial charge on any atom is 0.252 e. The summed E-state index contributed by atoms with van der Waals surface area (Å²) in [5.74, 6) is 0.241. The molecule has 0 fully saturated rings. The zero-order valence-corrected chi connectivity index (χ0v) is 15.0. The molecule has 0 aliphatic carbocycles. The lowest BCUT2D eigenvalue weighted by Crippen LogP contribution is -2.36. The van der Waals surface area contributed by atoms with Gasteiger partial charge in [-0.3, -0.25) is 0 Å². The van der Waals surface area contributed by atoms with Crippen LogP contribution < -0.4 is 0 Å². The molecule has 4 nitrogen and oxygen atoms in total. The van der Waals surface area contributed by atoms with Gasteiger partial charge >= 0.3 is 0 Å². The molecule has 0 aromatic carbocycles. The molecular weight excluding hydrogens is 374 g/mol. The molecule has 0 amide bonds. The maximum atomic E-state index is 12.5. The van der Waals surface area contributed by atoms with Gasteiger partial charge in [0.2, 0.25) is 0 Å². The Hall–Kier alpha value is 0.340. The van der Waals surface area contributed by atoms with E-state index in [1.165, 1.54) is 10.4 Å². The Morgan fingerprint density at radius 3 is 2.58 bits per heavy atom. The van der Waals surface area contributed by atoms with Crippen LogP contribution in [0.2, 0.25) is 5.02 Å². The van der Waals surface area contributed by atoms with E-state index in [2.05, 4.69) is 15.9 Å². The average molecular weight is 391 g/mol. The van der Waals surface area contributed by atoms with E-state index in [1.54, 1.807) is 7.11 Å². The summed E-state index contributed by atoms with van der Waals surface area (Å²) >= 11 is 10.3. The second-order valence-corrected chi connectivity index (χ2v) is 9.38. The Bertz CT molecular complexity index is 497. The van der Waals surface area contributed by atoms with Crippen molar-refractivity contribution in [2.45, 2.75) is 18.1 Å². The van der Waals surface area contributed by atoms with Crippen LogP contribution in [-0.4, -0.2) is 39.5 Å². The molecule has 1 aromatic heterocycles. The monoisotopic (exact) mass is 389 g/mol. The number of sulfonamides is 1. The molecule has 110 valence electrons. The number of thiophene rings is 1. The fraction of sp³-hybridized carbons (Fsp3) is 0.636. The zero-order valence-electron chi connectivity index (χ0n) is 11.0. The van der Waals surface area contributed by atoms with Crippen LogP contribution >= 0.6 is 38.9 Å². The van der Waals surface area contributed by atoms with Crippen LogP contribution in [0.15, 0.2) is 14.1 Å². The molecule has 0 saturated heterocycles. The number of halogens is 2. The molecule has 0 spiro atoms. The second kappa shape index (κ2) is 7.38. The van der Waals surface area contributed by atoms with E-state index in [1.807, 2.05) is 13.8 Å². The molecule has 1 rings (SSSR count). The van der Waals surface area contributed by atoms with Crippen molar-refractivity contribution in [3.8, 4) is 0 Å². The lowest BCUT2D eigenvalue weighted by molar-refractivity contribution is 0.175. The van der Waals surface area contributed by atoms with Crippen LogP contribution in [0.1, 0.15) is 13.8 Å². The van der Waals surface area contributed by atoms with Crippen molar-refractivity contribution in [1.29, 1.82) is 0 Å². The van der Waals surface area contributed by atoms with Gasteiger partial charge in [-0.05, 0) is 27.9 Å². The van der Waals surface area contributed by atoms with E-state index in [0.29, 0.717) is 28.5 Å². The van der Waals surface area contributed by atoms with Gasteiger partial charge in [0, 0.05) is 20.2 Å². The second-order valence-electron chi connectivity index (χ2n) is 4.44. The first-order valence-corrected chi connectivity index (χ1v) is 9.15. The van der Waals surface area contributed by atoms with Gasteiger partial charge < -0.3 is 4.74 Å². The lowest BCUT2D eigenvalue weighted by Gasteiger charge is -2.22. The largest absolute Gasteiger partial charge is 0.383 e. The molecule has 0 bridgehead atoms. The SMILES string of the molecule is COCCN(CC(C)C)S(=O)(=O)c1cc(Cl)c(Br)s1. The molecule has 1 heterocycles. The number of ether oxygens (including phenoxy) is 1. The molecule has 0 unspecified atom stereocenters. The van der Waals surface area contributed by atoms with Gasteiger partial charge in [0.1, 0.15) is 4.21 Å². The van der Waals surface area contributed by atoms with Gasteiger partial charge in [-0.15, -0.1) is 11.3 Å². The molecule has 0 radical (unpaired) electrons. The summed E-state index contributed by atoms with van der Waals surface area (Å²) in [5.41, 5.74) is 0. The number of rotatable bonds is 7. The standard InChI is InChI=1S/C11H17BrClNO3S2/c1-8(2)7-14(4-5-17-3)19(15,16)10-6-9(13)11(12)18-10/h6,8H,4-5,7H2,1-3H3. The molecule has 0 saturated carbocycles. The maximum absolute atomic E-state index is 12.5. The van der Waals surface area contributed by atoms with E-state index < -0.39 is 10.0 Å². The smallest absolute Gasteiger partial charge is 0.252 e. The van der Waals surface area contributed by atoms with E-state index in [0.717, 1.165) is 11.3 Å². The van der Waals surface area contributed by atoms with Gasteiger partial charge in [0.15, 0.2) is 0 Å². The normalized spacial score (nSPS) is 12.6. The molecule has 0 N–H and O–H groups in total. The van der Waals surface area contributed by atoms with Crippen LogP contribution in [0.4, 0.5) is 0 Å². The van der Waals surface area contributed by atoms with Crippen LogP contribution in [0, 0.1) is 5.92 Å². The first kappa shape index (κ1) is 17.4. The summed E-state index contributed by atoms with van der Waals surface area (Å²) in [6.45, 7) is 5.12. The zero-order chi connectivity index (χ0) is 14.6. The van der Waals surface area contributed by atoms with E-state index in [9.17, 15) is 8.42 Å². The van der Waals surface area contributed by atoms with E-state index >= 15 is 0 Å². The molecular formula is C11H17BrClNO3S2. The number of hydrogen-bond acceptors (Lipinski definition) is 4. The highest BCUT2D eigenvalue weighted by Crippen LogP contribution is 2.36. The number of methoxy groups -OCH3 is 1. The summed E-state index contributed by atoms with van der Waals surface area (Å²) in [7, 11) is -1.96. The summed E-state index contributed by atoms with van der Waals surface area (Å²) in [4.78, 5) is 0. The molecule has 0 aliphatic heterocycles. The Morgan fingerprint density at radius 1 is 1.53 bits per heavy atom. The van der Waals surface area contributed by atoms with E-state index in [4.69, 9.17) is 16.3 Å².